The summed E-state index contributed by atoms with van der Waals surface area (Å²) in [5, 5.41) is 4.37. The van der Waals surface area contributed by atoms with E-state index in [0.29, 0.717) is 48.3 Å². The average molecular weight is 851 g/mol. The van der Waals surface area contributed by atoms with Crippen LogP contribution in [0.25, 0.3) is 0 Å². The van der Waals surface area contributed by atoms with Gasteiger partial charge in [0.25, 0.3) is 0 Å². The Morgan fingerprint density at radius 1 is 0.917 bits per heavy atom. The number of fused-ring (bicyclic) bond motifs is 7. The van der Waals surface area contributed by atoms with Crippen LogP contribution < -0.4 is 5.32 Å². The van der Waals surface area contributed by atoms with E-state index in [1.165, 1.54) is 68.9 Å². The first-order chi connectivity index (χ1) is 28.4. The molecule has 8 heteroatoms. The molecule has 1 heterocycles. The van der Waals surface area contributed by atoms with Crippen LogP contribution in [0.3, 0.4) is 0 Å². The van der Waals surface area contributed by atoms with Crippen molar-refractivity contribution in [2.75, 3.05) is 39.6 Å². The Bertz CT molecular complexity index is 1770. The summed E-state index contributed by atoms with van der Waals surface area (Å²) in [5.74, 6) is 3.25. The van der Waals surface area contributed by atoms with Crippen LogP contribution in [0.5, 0.6) is 0 Å². The number of esters is 1. The second kappa shape index (κ2) is 17.5. The third-order valence-corrected chi connectivity index (χ3v) is 20.8. The molecule has 0 aromatic heterocycles. The van der Waals surface area contributed by atoms with Gasteiger partial charge >= 0.3 is 5.97 Å². The lowest BCUT2D eigenvalue weighted by atomic mass is 9.33. The number of alkyl halides is 1. The Labute approximate surface area is 366 Å². The second-order valence-electron chi connectivity index (χ2n) is 22.0. The van der Waals surface area contributed by atoms with E-state index in [0.717, 1.165) is 69.8 Å². The molecule has 3 N–H and O–H groups in total. The number of nitrogens with zero attached hydrogens (tertiary/aromatic N) is 1. The van der Waals surface area contributed by atoms with Gasteiger partial charge in [-0.1, -0.05) is 89.3 Å². The van der Waals surface area contributed by atoms with Gasteiger partial charge in [-0.2, -0.15) is 10.6 Å². The highest BCUT2D eigenvalue weighted by molar-refractivity contribution is 8.24. The van der Waals surface area contributed by atoms with Crippen LogP contribution in [0.15, 0.2) is 65.8 Å². The predicted molar refractivity (Wildman–Crippen MR) is 250 cm³/mol. The molecule has 60 heavy (non-hydrogen) atoms. The van der Waals surface area contributed by atoms with Crippen molar-refractivity contribution in [1.82, 2.24) is 10.2 Å². The largest absolute Gasteiger partial charge is 0.461 e. The summed E-state index contributed by atoms with van der Waals surface area (Å²) < 4.78 is 35.8. The van der Waals surface area contributed by atoms with E-state index < -0.39 is 10.6 Å². The number of carbonyl (C=O) groups excluding carboxylic acids is 1. The maximum absolute atomic E-state index is 13.1. The van der Waals surface area contributed by atoms with Crippen molar-refractivity contribution in [3.63, 3.8) is 0 Å². The second-order valence-corrected chi connectivity index (χ2v) is 24.5. The number of benzene rings is 1. The van der Waals surface area contributed by atoms with Gasteiger partial charge in [0.2, 0.25) is 0 Å². The highest BCUT2D eigenvalue weighted by Gasteiger charge is 2.70. The molecule has 4 saturated carbocycles. The molecule has 0 amide bonds. The highest BCUT2D eigenvalue weighted by atomic mass is 32.3. The number of ether oxygens (including phenoxy) is 1. The SMILES string of the molecule is C=C(C)[C@@H]1CC[C@]2(NCCN3CCC(S(C)(O)O)CC3)CC[C@]3(C)[C@H](CC[C@@H]4[C@@]5(C)CC=C(C6=CC[C@H](C(=O)OCc7ccccc7)CC6)C(C)(C)[C@@H]5CC[C@]43C)[C@@H]12.CF.[HH]. The van der Waals surface area contributed by atoms with Crippen LogP contribution in [-0.4, -0.2) is 70.4 Å². The van der Waals surface area contributed by atoms with Crippen LogP contribution in [0.2, 0.25) is 0 Å². The Morgan fingerprint density at radius 3 is 2.28 bits per heavy atom. The van der Waals surface area contributed by atoms with Crippen LogP contribution in [0.1, 0.15) is 138 Å². The van der Waals surface area contributed by atoms with E-state index in [9.17, 15) is 18.3 Å². The summed E-state index contributed by atoms with van der Waals surface area (Å²) >= 11 is 0. The molecule has 10 atom stereocenters. The number of hydrogen-bond donors (Lipinski definition) is 3. The minimum Gasteiger partial charge on any atom is -0.461 e. The van der Waals surface area contributed by atoms with Crippen molar-refractivity contribution in [3.8, 4) is 0 Å². The lowest BCUT2D eigenvalue weighted by molar-refractivity contribution is -0.221. The molecule has 8 rings (SSSR count). The lowest BCUT2D eigenvalue weighted by Crippen LogP contribution is -2.68. The number of halogens is 1. The zero-order valence-electron chi connectivity index (χ0n) is 38.7. The molecular formula is C52H83FN2O4S. The molecule has 1 aromatic carbocycles. The number of piperidine rings is 1. The average Bonchev–Trinajstić information content (AvgIpc) is 3.61. The number of likely N-dealkylation sites (tertiary alicyclic amines) is 1. The minimum absolute atomic E-state index is 0. The molecule has 0 spiro atoms. The molecule has 1 aromatic rings. The standard InChI is InChI=1S/C51H78N2O4S.CH3F.H2/c1-35(2)40-20-27-51(52-30-33-53-31-23-39(24-32-53)58(8,55)56)29-28-49(6)42(45(40)51)18-19-44-48(5)25-21-41(47(3,4)43(48)22-26-50(44,49)7)37-14-16-38(17-15-37)46(54)57-34-36-12-10-9-11-13-36;1-2;/h9-14,21,38-40,42-45,52,55-56H,1,15-20,22-34H2,2-8H3;1H3;1H/t38-,40-,42+,43-,44+,45+,48-,49+,50+,51-;;/m0../s1. The highest BCUT2D eigenvalue weighted by Crippen LogP contribution is 2.76. The van der Waals surface area contributed by atoms with E-state index in [1.807, 2.05) is 30.3 Å². The van der Waals surface area contributed by atoms with Crippen LogP contribution >= 0.6 is 10.6 Å². The van der Waals surface area contributed by atoms with Gasteiger partial charge in [0, 0.05) is 26.3 Å². The van der Waals surface area contributed by atoms with E-state index in [1.54, 1.807) is 11.8 Å². The third-order valence-electron chi connectivity index (χ3n) is 19.0. The number of hydrogen-bond acceptors (Lipinski definition) is 6. The number of allylic oxidation sites excluding steroid dienone is 5. The van der Waals surface area contributed by atoms with Gasteiger partial charge in [0.1, 0.15) is 6.61 Å². The zero-order chi connectivity index (χ0) is 43.3. The summed E-state index contributed by atoms with van der Waals surface area (Å²) in [5.41, 5.74) is 6.73. The number of rotatable bonds is 10. The first-order valence-corrected chi connectivity index (χ1v) is 25.8. The monoisotopic (exact) mass is 851 g/mol. The van der Waals surface area contributed by atoms with Gasteiger partial charge in [-0.15, -0.1) is 0 Å². The van der Waals surface area contributed by atoms with Gasteiger partial charge < -0.3 is 15.0 Å². The van der Waals surface area contributed by atoms with E-state index >= 15 is 0 Å². The molecule has 5 fully saturated rings. The fourth-order valence-electron chi connectivity index (χ4n) is 15.8. The Balaban J connectivity index is 0.00000204. The van der Waals surface area contributed by atoms with Gasteiger partial charge in [0.15, 0.2) is 0 Å². The maximum Gasteiger partial charge on any atom is 0.309 e. The molecule has 7 aliphatic rings. The maximum atomic E-state index is 13.1. The molecule has 1 aliphatic heterocycles. The molecule has 0 bridgehead atoms. The summed E-state index contributed by atoms with van der Waals surface area (Å²) in [6.45, 7) is 24.7. The minimum atomic E-state index is -2.45. The van der Waals surface area contributed by atoms with E-state index in [2.05, 4.69) is 70.5 Å². The third kappa shape index (κ3) is 8.07. The first-order valence-electron chi connectivity index (χ1n) is 23.8. The number of carbonyl (C=O) groups is 1. The van der Waals surface area contributed by atoms with Gasteiger partial charge in [-0.25, -0.2) is 0 Å². The quantitative estimate of drug-likeness (QED) is 0.161. The Kier molecular flexibility index (Phi) is 13.5. The fourth-order valence-corrected chi connectivity index (χ4v) is 16.9. The summed E-state index contributed by atoms with van der Waals surface area (Å²) in [6.07, 6.45) is 22.8. The van der Waals surface area contributed by atoms with Crippen LogP contribution in [0, 0.1) is 57.2 Å². The Hall–Kier alpha value is -1.97. The predicted octanol–water partition coefficient (Wildman–Crippen LogP) is 12.7. The molecule has 6 aliphatic carbocycles. The van der Waals surface area contributed by atoms with Crippen molar-refractivity contribution in [2.45, 2.75) is 149 Å². The van der Waals surface area contributed by atoms with Crippen molar-refractivity contribution in [3.05, 3.63) is 71.3 Å². The van der Waals surface area contributed by atoms with E-state index in [-0.39, 0.29) is 34.9 Å². The van der Waals surface area contributed by atoms with Crippen LogP contribution in [-0.2, 0) is 16.1 Å². The van der Waals surface area contributed by atoms with Gasteiger partial charge in [0.05, 0.1) is 18.3 Å². The smallest absolute Gasteiger partial charge is 0.309 e. The number of nitrogens with one attached hydrogen (secondary N) is 1. The van der Waals surface area contributed by atoms with Gasteiger partial charge in [-0.3, -0.25) is 18.3 Å². The lowest BCUT2D eigenvalue weighted by Gasteiger charge is -2.72. The van der Waals surface area contributed by atoms with Gasteiger partial charge in [-0.05, 0) is 178 Å². The molecule has 1 saturated heterocycles. The fraction of sp³-hybridized carbons (Fsp3) is 0.750. The zero-order valence-corrected chi connectivity index (χ0v) is 39.5. The first kappa shape index (κ1) is 46.0. The van der Waals surface area contributed by atoms with Crippen molar-refractivity contribution < 1.29 is 24.5 Å². The summed E-state index contributed by atoms with van der Waals surface area (Å²) in [6, 6.07) is 10.0. The van der Waals surface area contributed by atoms with Crippen molar-refractivity contribution in [2.24, 2.45) is 57.2 Å². The van der Waals surface area contributed by atoms with E-state index in [4.69, 9.17) is 4.74 Å². The Morgan fingerprint density at radius 2 is 1.63 bits per heavy atom. The molecule has 0 radical (unpaired) electrons. The van der Waals surface area contributed by atoms with Crippen LogP contribution in [0.4, 0.5) is 4.39 Å². The molecule has 338 valence electrons. The molecule has 6 nitrogen and oxygen atoms in total. The normalized spacial score (nSPS) is 39.3. The van der Waals surface area contributed by atoms with Crippen molar-refractivity contribution >= 4 is 16.6 Å². The summed E-state index contributed by atoms with van der Waals surface area (Å²) in [7, 11) is -1.95. The molecular weight excluding hydrogens is 768 g/mol. The molecule has 0 unspecified atom stereocenters. The van der Waals surface area contributed by atoms with Crippen molar-refractivity contribution in [1.29, 1.82) is 0 Å². The summed E-state index contributed by atoms with van der Waals surface area (Å²) in [4.78, 5) is 15.6. The topological polar surface area (TPSA) is 82.0 Å².